The summed E-state index contributed by atoms with van der Waals surface area (Å²) in [6.45, 7) is 4.36. The molecule has 3 aromatic heterocycles. The van der Waals surface area contributed by atoms with E-state index in [2.05, 4.69) is 29.4 Å². The predicted octanol–water partition coefficient (Wildman–Crippen LogP) is 2.32. The Morgan fingerprint density at radius 1 is 1.32 bits per heavy atom. The lowest BCUT2D eigenvalue weighted by molar-refractivity contribution is -0.0729. The van der Waals surface area contributed by atoms with Crippen LogP contribution in [0.4, 0.5) is 0 Å². The summed E-state index contributed by atoms with van der Waals surface area (Å²) in [6, 6.07) is 2.41. The number of nitrogens with one attached hydrogen (secondary N) is 1. The van der Waals surface area contributed by atoms with Gasteiger partial charge in [-0.3, -0.25) is 4.68 Å². The van der Waals surface area contributed by atoms with Crippen molar-refractivity contribution in [2.24, 2.45) is 13.0 Å². The molecule has 3 aromatic rings. The molecule has 4 rings (SSSR count). The van der Waals surface area contributed by atoms with Gasteiger partial charge >= 0.3 is 0 Å². The van der Waals surface area contributed by atoms with E-state index in [-0.39, 0.29) is 18.0 Å². The summed E-state index contributed by atoms with van der Waals surface area (Å²) in [6.07, 6.45) is 8.37. The number of hydrogen-bond donors (Lipinski definition) is 1. The van der Waals surface area contributed by atoms with Crippen molar-refractivity contribution in [1.29, 1.82) is 0 Å². The van der Waals surface area contributed by atoms with Crippen molar-refractivity contribution >= 4 is 17.9 Å². The SMILES string of the molecule is CN[C@H]1C[C@](C)(Oc2nc(-c3cnn(C)c3)cn3nccc23)[C@@H]1C.Cl. The lowest BCUT2D eigenvalue weighted by Gasteiger charge is -2.50. The van der Waals surface area contributed by atoms with Crippen LogP contribution < -0.4 is 10.1 Å². The van der Waals surface area contributed by atoms with Gasteiger partial charge in [0.1, 0.15) is 11.1 Å². The predicted molar refractivity (Wildman–Crippen MR) is 98.1 cm³/mol. The molecule has 1 aliphatic rings. The second-order valence-corrected chi connectivity index (χ2v) is 6.80. The van der Waals surface area contributed by atoms with Crippen LogP contribution in [0.25, 0.3) is 16.8 Å². The zero-order valence-electron chi connectivity index (χ0n) is 14.8. The monoisotopic (exact) mass is 362 g/mol. The first-order chi connectivity index (χ1) is 11.5. The van der Waals surface area contributed by atoms with Gasteiger partial charge in [-0.25, -0.2) is 9.50 Å². The quantitative estimate of drug-likeness (QED) is 0.771. The van der Waals surface area contributed by atoms with E-state index in [1.807, 2.05) is 37.1 Å². The number of aromatic nitrogens is 5. The molecule has 0 amide bonds. The number of aryl methyl sites for hydroxylation is 1. The Morgan fingerprint density at radius 2 is 2.12 bits per heavy atom. The topological polar surface area (TPSA) is 69.3 Å². The summed E-state index contributed by atoms with van der Waals surface area (Å²) in [7, 11) is 3.89. The summed E-state index contributed by atoms with van der Waals surface area (Å²) in [5.74, 6) is 1.03. The Labute approximate surface area is 152 Å². The Bertz CT molecular complexity index is 890. The molecule has 0 radical (unpaired) electrons. The van der Waals surface area contributed by atoms with Crippen LogP contribution >= 0.6 is 12.4 Å². The van der Waals surface area contributed by atoms with Gasteiger partial charge in [-0.05, 0) is 20.0 Å². The Hall–Kier alpha value is -2.12. The van der Waals surface area contributed by atoms with Crippen molar-refractivity contribution in [3.63, 3.8) is 0 Å². The smallest absolute Gasteiger partial charge is 0.241 e. The molecule has 3 heterocycles. The van der Waals surface area contributed by atoms with Crippen LogP contribution in [0.3, 0.4) is 0 Å². The molecule has 134 valence electrons. The fraction of sp³-hybridized carbons (Fsp3) is 0.471. The van der Waals surface area contributed by atoms with Gasteiger partial charge in [0, 0.05) is 37.2 Å². The molecule has 25 heavy (non-hydrogen) atoms. The lowest BCUT2D eigenvalue weighted by Crippen LogP contribution is -2.62. The van der Waals surface area contributed by atoms with E-state index in [0.29, 0.717) is 17.8 Å². The zero-order valence-corrected chi connectivity index (χ0v) is 15.6. The van der Waals surface area contributed by atoms with Crippen molar-refractivity contribution < 1.29 is 4.74 Å². The Balaban J connectivity index is 0.00000182. The van der Waals surface area contributed by atoms with Gasteiger partial charge in [-0.2, -0.15) is 10.2 Å². The van der Waals surface area contributed by atoms with Gasteiger partial charge < -0.3 is 10.1 Å². The molecule has 1 saturated carbocycles. The highest BCUT2D eigenvalue weighted by Crippen LogP contribution is 2.42. The zero-order chi connectivity index (χ0) is 16.9. The molecule has 8 heteroatoms. The van der Waals surface area contributed by atoms with Crippen LogP contribution in [0, 0.1) is 5.92 Å². The van der Waals surface area contributed by atoms with E-state index >= 15 is 0 Å². The minimum absolute atomic E-state index is 0. The summed E-state index contributed by atoms with van der Waals surface area (Å²) in [5.41, 5.74) is 2.40. The first-order valence-electron chi connectivity index (χ1n) is 8.20. The van der Waals surface area contributed by atoms with Crippen molar-refractivity contribution in [2.45, 2.75) is 31.9 Å². The molecule has 0 unspecified atom stereocenters. The summed E-state index contributed by atoms with van der Waals surface area (Å²) >= 11 is 0. The fourth-order valence-electron chi connectivity index (χ4n) is 3.44. The first kappa shape index (κ1) is 17.7. The lowest BCUT2D eigenvalue weighted by atomic mass is 9.67. The maximum Gasteiger partial charge on any atom is 0.241 e. The van der Waals surface area contributed by atoms with E-state index in [1.54, 1.807) is 17.1 Å². The highest BCUT2D eigenvalue weighted by Gasteiger charge is 2.50. The van der Waals surface area contributed by atoms with Crippen molar-refractivity contribution in [3.8, 4) is 17.1 Å². The van der Waals surface area contributed by atoms with E-state index in [9.17, 15) is 0 Å². The maximum atomic E-state index is 6.38. The molecule has 0 aromatic carbocycles. The third-order valence-corrected chi connectivity index (χ3v) is 5.25. The molecular formula is C17H23ClN6O. The van der Waals surface area contributed by atoms with E-state index in [0.717, 1.165) is 23.2 Å². The van der Waals surface area contributed by atoms with Crippen LogP contribution in [0.5, 0.6) is 5.88 Å². The molecule has 0 spiro atoms. The molecule has 7 nitrogen and oxygen atoms in total. The molecule has 3 atom stereocenters. The highest BCUT2D eigenvalue weighted by molar-refractivity contribution is 5.85. The highest BCUT2D eigenvalue weighted by atomic mass is 35.5. The molecule has 1 fully saturated rings. The van der Waals surface area contributed by atoms with Crippen LogP contribution in [0.15, 0.2) is 30.9 Å². The second-order valence-electron chi connectivity index (χ2n) is 6.80. The van der Waals surface area contributed by atoms with Crippen LogP contribution in [0.2, 0.25) is 0 Å². The van der Waals surface area contributed by atoms with Crippen LogP contribution in [0.1, 0.15) is 20.3 Å². The average molecular weight is 363 g/mol. The average Bonchev–Trinajstić information content (AvgIpc) is 3.21. The van der Waals surface area contributed by atoms with Crippen molar-refractivity contribution in [3.05, 3.63) is 30.9 Å². The summed E-state index contributed by atoms with van der Waals surface area (Å²) in [5, 5.41) is 11.9. The number of ether oxygens (including phenoxy) is 1. The van der Waals surface area contributed by atoms with Gasteiger partial charge in [0.05, 0.1) is 24.3 Å². The Morgan fingerprint density at radius 3 is 2.76 bits per heavy atom. The molecular weight excluding hydrogens is 340 g/mol. The first-order valence-corrected chi connectivity index (χ1v) is 8.20. The van der Waals surface area contributed by atoms with Crippen LogP contribution in [-0.4, -0.2) is 43.1 Å². The van der Waals surface area contributed by atoms with Gasteiger partial charge in [0.15, 0.2) is 0 Å². The van der Waals surface area contributed by atoms with Gasteiger partial charge in [0.25, 0.3) is 0 Å². The third kappa shape index (κ3) is 2.87. The number of rotatable bonds is 4. The van der Waals surface area contributed by atoms with Crippen LogP contribution in [-0.2, 0) is 7.05 Å². The van der Waals surface area contributed by atoms with E-state index in [4.69, 9.17) is 9.72 Å². The number of halogens is 1. The van der Waals surface area contributed by atoms with Gasteiger partial charge in [0.2, 0.25) is 5.88 Å². The molecule has 0 bridgehead atoms. The minimum atomic E-state index is -0.223. The van der Waals surface area contributed by atoms with E-state index in [1.165, 1.54) is 0 Å². The van der Waals surface area contributed by atoms with Crippen molar-refractivity contribution in [2.75, 3.05) is 7.05 Å². The molecule has 0 saturated heterocycles. The molecule has 1 aliphatic carbocycles. The van der Waals surface area contributed by atoms with Gasteiger partial charge in [-0.1, -0.05) is 6.92 Å². The minimum Gasteiger partial charge on any atom is -0.469 e. The maximum absolute atomic E-state index is 6.38. The van der Waals surface area contributed by atoms with Crippen molar-refractivity contribution in [1.82, 2.24) is 29.7 Å². The second kappa shape index (κ2) is 6.31. The fourth-order valence-corrected chi connectivity index (χ4v) is 3.44. The van der Waals surface area contributed by atoms with Gasteiger partial charge in [-0.15, -0.1) is 12.4 Å². The normalized spacial score (nSPS) is 25.4. The van der Waals surface area contributed by atoms with E-state index < -0.39 is 0 Å². The third-order valence-electron chi connectivity index (χ3n) is 5.25. The number of hydrogen-bond acceptors (Lipinski definition) is 5. The Kier molecular flexibility index (Phi) is 4.47. The standard InChI is InChI=1S/C17H22N6O.ClH/c1-11-13(18-3)7-17(11,2)24-16-15-5-6-19-23(15)10-14(21-16)12-8-20-22(4)9-12;/h5-6,8-11,13,18H,7H2,1-4H3;1H/t11-,13+,17+;/m1./s1. The summed E-state index contributed by atoms with van der Waals surface area (Å²) in [4.78, 5) is 4.75. The number of fused-ring (bicyclic) bond motifs is 1. The number of nitrogens with zero attached hydrogens (tertiary/aromatic N) is 5. The largest absolute Gasteiger partial charge is 0.469 e. The molecule has 0 aliphatic heterocycles. The summed E-state index contributed by atoms with van der Waals surface area (Å²) < 4.78 is 9.96. The molecule has 1 N–H and O–H groups in total.